The van der Waals surface area contributed by atoms with Gasteiger partial charge in [-0.3, -0.25) is 4.79 Å². The average molecular weight is 330 g/mol. The van der Waals surface area contributed by atoms with Gasteiger partial charge in [-0.2, -0.15) is 0 Å². The average Bonchev–Trinajstić information content (AvgIpc) is 2.26. The minimum absolute atomic E-state index is 0.0815. The van der Waals surface area contributed by atoms with E-state index in [0.29, 0.717) is 16.4 Å². The third kappa shape index (κ3) is 4.33. The second-order valence-electron chi connectivity index (χ2n) is 4.90. The Morgan fingerprint density at radius 2 is 2.11 bits per heavy atom. The third-order valence-electron chi connectivity index (χ3n) is 2.24. The molecule has 0 spiro atoms. The predicted molar refractivity (Wildman–Crippen MR) is 73.9 cm³/mol. The summed E-state index contributed by atoms with van der Waals surface area (Å²) < 4.78 is 6.27. The molecule has 1 aromatic rings. The maximum atomic E-state index is 11.3. The van der Waals surface area contributed by atoms with Crippen molar-refractivity contribution in [1.82, 2.24) is 5.32 Å². The van der Waals surface area contributed by atoms with Gasteiger partial charge in [-0.25, -0.2) is 4.79 Å². The topological polar surface area (TPSA) is 75.6 Å². The van der Waals surface area contributed by atoms with Crippen LogP contribution in [0.15, 0.2) is 22.7 Å². The maximum absolute atomic E-state index is 11.3. The molecule has 0 bridgehead atoms. The van der Waals surface area contributed by atoms with Crippen LogP contribution in [0.1, 0.15) is 42.9 Å². The standard InChI is InChI=1S/C13H16BrNO4/c1-13(2,3)19-11(15-7-16)10-8(12(17)18)5-4-6-9(10)14/h4-7,11H,1-3H3,(H,15,16)(H,17,18). The van der Waals surface area contributed by atoms with E-state index >= 15 is 0 Å². The van der Waals surface area contributed by atoms with Gasteiger partial charge >= 0.3 is 5.97 Å². The quantitative estimate of drug-likeness (QED) is 0.643. The molecule has 1 unspecified atom stereocenters. The van der Waals surface area contributed by atoms with Crippen molar-refractivity contribution in [3.63, 3.8) is 0 Å². The monoisotopic (exact) mass is 329 g/mol. The molecule has 1 amide bonds. The highest BCUT2D eigenvalue weighted by atomic mass is 79.9. The molecule has 104 valence electrons. The minimum Gasteiger partial charge on any atom is -0.478 e. The van der Waals surface area contributed by atoms with Gasteiger partial charge in [0, 0.05) is 10.0 Å². The van der Waals surface area contributed by atoms with E-state index in [2.05, 4.69) is 21.2 Å². The number of aromatic carboxylic acids is 1. The summed E-state index contributed by atoms with van der Waals surface area (Å²) in [4.78, 5) is 22.0. The third-order valence-corrected chi connectivity index (χ3v) is 2.93. The lowest BCUT2D eigenvalue weighted by atomic mass is 10.1. The van der Waals surface area contributed by atoms with Crippen molar-refractivity contribution in [1.29, 1.82) is 0 Å². The number of carbonyl (C=O) groups excluding carboxylic acids is 1. The lowest BCUT2D eigenvalue weighted by Gasteiger charge is -2.28. The molecule has 2 N–H and O–H groups in total. The van der Waals surface area contributed by atoms with Gasteiger partial charge in [-0.15, -0.1) is 0 Å². The summed E-state index contributed by atoms with van der Waals surface area (Å²) in [6.07, 6.45) is -0.347. The lowest BCUT2D eigenvalue weighted by Crippen LogP contribution is -2.32. The number of halogens is 1. The molecule has 19 heavy (non-hydrogen) atoms. The number of carboxylic acids is 1. The van der Waals surface area contributed by atoms with Crippen molar-refractivity contribution in [3.8, 4) is 0 Å². The zero-order valence-corrected chi connectivity index (χ0v) is 12.5. The van der Waals surface area contributed by atoms with Crippen molar-refractivity contribution in [2.75, 3.05) is 0 Å². The van der Waals surface area contributed by atoms with E-state index in [1.807, 2.05) is 20.8 Å². The summed E-state index contributed by atoms with van der Waals surface area (Å²) in [6, 6.07) is 4.79. The summed E-state index contributed by atoms with van der Waals surface area (Å²) in [5.41, 5.74) is -0.0684. The molecule has 0 aliphatic heterocycles. The first kappa shape index (κ1) is 15.7. The summed E-state index contributed by atoms with van der Waals surface area (Å²) in [5, 5.41) is 11.7. The van der Waals surface area contributed by atoms with Crippen LogP contribution in [0.2, 0.25) is 0 Å². The number of amides is 1. The van der Waals surface area contributed by atoms with Gasteiger partial charge in [-0.05, 0) is 32.9 Å². The first-order valence-electron chi connectivity index (χ1n) is 5.65. The van der Waals surface area contributed by atoms with E-state index < -0.39 is 17.8 Å². The molecule has 1 rings (SSSR count). The Hall–Kier alpha value is -1.40. The van der Waals surface area contributed by atoms with Gasteiger partial charge in [0.25, 0.3) is 0 Å². The normalized spacial score (nSPS) is 12.8. The van der Waals surface area contributed by atoms with Gasteiger partial charge in [0.05, 0.1) is 11.2 Å². The molecule has 1 atom stereocenters. The molecule has 0 heterocycles. The van der Waals surface area contributed by atoms with Crippen LogP contribution in [0, 0.1) is 0 Å². The van der Waals surface area contributed by atoms with Crippen molar-refractivity contribution in [2.24, 2.45) is 0 Å². The Bertz CT molecular complexity index is 482. The summed E-state index contributed by atoms with van der Waals surface area (Å²) in [6.45, 7) is 5.47. The van der Waals surface area contributed by atoms with Crippen LogP contribution in [-0.4, -0.2) is 23.1 Å². The van der Waals surface area contributed by atoms with E-state index in [-0.39, 0.29) is 5.56 Å². The van der Waals surface area contributed by atoms with Crippen molar-refractivity contribution < 1.29 is 19.4 Å². The fourth-order valence-electron chi connectivity index (χ4n) is 1.58. The Morgan fingerprint density at radius 3 is 2.58 bits per heavy atom. The molecule has 0 aromatic heterocycles. The highest BCUT2D eigenvalue weighted by Gasteiger charge is 2.26. The SMILES string of the molecule is CC(C)(C)OC(NC=O)c1c(Br)cccc1C(=O)O. The summed E-state index contributed by atoms with van der Waals surface area (Å²) in [7, 11) is 0. The number of hydrogen-bond acceptors (Lipinski definition) is 3. The number of carboxylic acid groups (broad SMARTS) is 1. The Balaban J connectivity index is 3.29. The zero-order chi connectivity index (χ0) is 14.6. The van der Waals surface area contributed by atoms with Crippen LogP contribution in [0.25, 0.3) is 0 Å². The van der Waals surface area contributed by atoms with E-state index in [9.17, 15) is 14.7 Å². The maximum Gasteiger partial charge on any atom is 0.336 e. The fourth-order valence-corrected chi connectivity index (χ4v) is 2.16. The number of benzene rings is 1. The highest BCUT2D eigenvalue weighted by Crippen LogP contribution is 2.30. The van der Waals surface area contributed by atoms with E-state index in [4.69, 9.17) is 4.74 Å². The number of carbonyl (C=O) groups is 2. The van der Waals surface area contributed by atoms with Crippen LogP contribution in [0.5, 0.6) is 0 Å². The van der Waals surface area contributed by atoms with Crippen molar-refractivity contribution in [2.45, 2.75) is 32.6 Å². The van der Waals surface area contributed by atoms with E-state index in [1.54, 1.807) is 12.1 Å². The highest BCUT2D eigenvalue weighted by molar-refractivity contribution is 9.10. The second-order valence-corrected chi connectivity index (χ2v) is 5.76. The van der Waals surface area contributed by atoms with Gasteiger partial charge in [0.2, 0.25) is 6.41 Å². The Labute approximate surface area is 120 Å². The van der Waals surface area contributed by atoms with Crippen LogP contribution >= 0.6 is 15.9 Å². The smallest absolute Gasteiger partial charge is 0.336 e. The molecule has 0 saturated carbocycles. The number of nitrogens with one attached hydrogen (secondary N) is 1. The number of hydrogen-bond donors (Lipinski definition) is 2. The predicted octanol–water partition coefficient (Wildman–Crippen LogP) is 2.71. The minimum atomic E-state index is -1.08. The molecule has 0 fully saturated rings. The molecule has 6 heteroatoms. The first-order valence-corrected chi connectivity index (χ1v) is 6.45. The number of rotatable bonds is 5. The molecular formula is C13H16BrNO4. The largest absolute Gasteiger partial charge is 0.478 e. The van der Waals surface area contributed by atoms with Gasteiger partial charge in [0.1, 0.15) is 0 Å². The van der Waals surface area contributed by atoms with E-state index in [1.165, 1.54) is 6.07 Å². The summed E-state index contributed by atoms with van der Waals surface area (Å²) >= 11 is 3.29. The van der Waals surface area contributed by atoms with Crippen LogP contribution in [-0.2, 0) is 9.53 Å². The second kappa shape index (κ2) is 6.16. The lowest BCUT2D eigenvalue weighted by molar-refractivity contribution is -0.120. The first-order chi connectivity index (χ1) is 8.76. The van der Waals surface area contributed by atoms with Gasteiger partial charge in [0.15, 0.2) is 6.23 Å². The number of ether oxygens (including phenoxy) is 1. The van der Waals surface area contributed by atoms with Crippen LogP contribution in [0.3, 0.4) is 0 Å². The van der Waals surface area contributed by atoms with Gasteiger partial charge < -0.3 is 15.2 Å². The fraction of sp³-hybridized carbons (Fsp3) is 0.385. The molecule has 0 radical (unpaired) electrons. The Morgan fingerprint density at radius 1 is 1.47 bits per heavy atom. The summed E-state index contributed by atoms with van der Waals surface area (Å²) in [5.74, 6) is -1.08. The van der Waals surface area contributed by atoms with E-state index in [0.717, 1.165) is 0 Å². The van der Waals surface area contributed by atoms with Gasteiger partial charge in [-0.1, -0.05) is 22.0 Å². The molecule has 5 nitrogen and oxygen atoms in total. The Kier molecular flexibility index (Phi) is 5.08. The van der Waals surface area contributed by atoms with Crippen LogP contribution in [0.4, 0.5) is 0 Å². The molecule has 1 aromatic carbocycles. The molecule has 0 aliphatic rings. The zero-order valence-electron chi connectivity index (χ0n) is 10.9. The molecule has 0 saturated heterocycles. The van der Waals surface area contributed by atoms with Crippen molar-refractivity contribution >= 4 is 28.3 Å². The molecular weight excluding hydrogens is 314 g/mol. The van der Waals surface area contributed by atoms with Crippen LogP contribution < -0.4 is 5.32 Å². The molecule has 0 aliphatic carbocycles. The van der Waals surface area contributed by atoms with Crippen molar-refractivity contribution in [3.05, 3.63) is 33.8 Å².